The molecule has 1 aromatic carbocycles. The highest BCUT2D eigenvalue weighted by atomic mass is 19.3. The Labute approximate surface area is 238 Å². The lowest BCUT2D eigenvalue weighted by Gasteiger charge is -2.55. The van der Waals surface area contributed by atoms with Crippen molar-refractivity contribution in [3.05, 3.63) is 63.7 Å². The van der Waals surface area contributed by atoms with E-state index in [-0.39, 0.29) is 16.5 Å². The number of anilines is 3. The van der Waals surface area contributed by atoms with Crippen LogP contribution in [0.1, 0.15) is 43.4 Å². The fourth-order valence-electron chi connectivity index (χ4n) is 6.31. The Morgan fingerprint density at radius 1 is 1.07 bits per heavy atom. The van der Waals surface area contributed by atoms with Crippen LogP contribution in [0.15, 0.2) is 41.5 Å². The van der Waals surface area contributed by atoms with Gasteiger partial charge in [0.05, 0.1) is 30.3 Å². The maximum atomic E-state index is 14.4. The van der Waals surface area contributed by atoms with Crippen LogP contribution in [0.4, 0.5) is 26.1 Å². The molecule has 0 amide bonds. The first-order valence-corrected chi connectivity index (χ1v) is 14.3. The Kier molecular flexibility index (Phi) is 6.84. The zero-order chi connectivity index (χ0) is 29.1. The van der Waals surface area contributed by atoms with Crippen LogP contribution < -0.4 is 15.4 Å². The van der Waals surface area contributed by atoms with E-state index in [1.807, 2.05) is 32.0 Å². The second-order valence-electron chi connectivity index (χ2n) is 11.3. The van der Waals surface area contributed by atoms with Crippen molar-refractivity contribution in [2.24, 2.45) is 19.5 Å². The summed E-state index contributed by atoms with van der Waals surface area (Å²) in [5.74, 6) is 1.49. The molecule has 8 nitrogen and oxygen atoms in total. The van der Waals surface area contributed by atoms with E-state index < -0.39 is 6.43 Å². The van der Waals surface area contributed by atoms with E-state index in [1.54, 1.807) is 48.7 Å². The molecule has 2 fully saturated rings. The number of halogens is 2. The summed E-state index contributed by atoms with van der Waals surface area (Å²) < 4.78 is 37.6. The summed E-state index contributed by atoms with van der Waals surface area (Å²) >= 11 is 0. The molecule has 7 rings (SSSR count). The van der Waals surface area contributed by atoms with Gasteiger partial charge in [0.2, 0.25) is 0 Å². The molecule has 6 heterocycles. The Hall–Kier alpha value is -3.79. The predicted molar refractivity (Wildman–Crippen MR) is 157 cm³/mol. The smallest absolute Gasteiger partial charge is 0.264 e. The SMILES string of the molecule is CC.Cc1cc2c(N3CCCc4cc(-c5cnn(C)c5)c(C(F)F)cc43)nc(N3CC4(COC4)C3)cc2n(C)c1=O. The molecule has 0 N–H and O–H groups in total. The lowest BCUT2D eigenvalue weighted by molar-refractivity contribution is -0.127. The number of hydrogen-bond donors (Lipinski definition) is 0. The zero-order valence-electron chi connectivity index (χ0n) is 24.2. The maximum absolute atomic E-state index is 14.4. The number of nitrogens with zero attached hydrogens (tertiary/aromatic N) is 6. The first kappa shape index (κ1) is 27.4. The number of benzene rings is 1. The van der Waals surface area contributed by atoms with Gasteiger partial charge in [-0.05, 0) is 49.1 Å². The molecule has 3 aromatic heterocycles. The minimum atomic E-state index is -2.64. The number of hydrogen-bond acceptors (Lipinski definition) is 6. The highest BCUT2D eigenvalue weighted by Crippen LogP contribution is 2.45. The number of fused-ring (bicyclic) bond motifs is 2. The molecule has 0 aliphatic carbocycles. The number of ether oxygens (including phenoxy) is 1. The molecular formula is C31H36F2N6O2. The average molecular weight is 563 g/mol. The van der Waals surface area contributed by atoms with Gasteiger partial charge in [-0.3, -0.25) is 9.48 Å². The fourth-order valence-corrected chi connectivity index (χ4v) is 6.31. The highest BCUT2D eigenvalue weighted by molar-refractivity contribution is 5.95. The number of pyridine rings is 2. The van der Waals surface area contributed by atoms with Gasteiger partial charge in [0.15, 0.2) is 0 Å². The molecule has 3 aliphatic rings. The quantitative estimate of drug-likeness (QED) is 0.326. The van der Waals surface area contributed by atoms with Gasteiger partial charge in [-0.2, -0.15) is 5.10 Å². The van der Waals surface area contributed by atoms with Crippen molar-refractivity contribution in [2.75, 3.05) is 42.6 Å². The third-order valence-corrected chi connectivity index (χ3v) is 8.44. The minimum absolute atomic E-state index is 0.0210. The van der Waals surface area contributed by atoms with Crippen LogP contribution in [0.3, 0.4) is 0 Å². The largest absolute Gasteiger partial charge is 0.380 e. The normalized spacial score (nSPS) is 17.3. The summed E-state index contributed by atoms with van der Waals surface area (Å²) in [6, 6.07) is 7.38. The van der Waals surface area contributed by atoms with Gasteiger partial charge >= 0.3 is 0 Å². The van der Waals surface area contributed by atoms with E-state index in [4.69, 9.17) is 9.72 Å². The van der Waals surface area contributed by atoms with Crippen molar-refractivity contribution in [2.45, 2.75) is 40.0 Å². The van der Waals surface area contributed by atoms with Crippen LogP contribution in [-0.4, -0.2) is 52.2 Å². The first-order chi connectivity index (χ1) is 19.7. The topological polar surface area (TPSA) is 68.4 Å². The van der Waals surface area contributed by atoms with Crippen LogP contribution in [0.2, 0.25) is 0 Å². The van der Waals surface area contributed by atoms with Crippen LogP contribution in [0.25, 0.3) is 22.0 Å². The molecule has 0 radical (unpaired) electrons. The van der Waals surface area contributed by atoms with Crippen molar-refractivity contribution in [3.8, 4) is 11.1 Å². The fraction of sp³-hybridized carbons (Fsp3) is 0.452. The predicted octanol–water partition coefficient (Wildman–Crippen LogP) is 5.53. The monoisotopic (exact) mass is 562 g/mol. The van der Waals surface area contributed by atoms with Gasteiger partial charge in [0.25, 0.3) is 12.0 Å². The van der Waals surface area contributed by atoms with E-state index in [9.17, 15) is 13.6 Å². The lowest BCUT2D eigenvalue weighted by atomic mass is 9.78. The third kappa shape index (κ3) is 4.48. The van der Waals surface area contributed by atoms with Gasteiger partial charge in [0, 0.05) is 73.8 Å². The third-order valence-electron chi connectivity index (χ3n) is 8.44. The summed E-state index contributed by atoms with van der Waals surface area (Å²) in [6.45, 7) is 9.67. The van der Waals surface area contributed by atoms with E-state index >= 15 is 0 Å². The summed E-state index contributed by atoms with van der Waals surface area (Å²) in [4.78, 5) is 22.3. The molecule has 3 aliphatic heterocycles. The van der Waals surface area contributed by atoms with Crippen molar-refractivity contribution < 1.29 is 13.5 Å². The van der Waals surface area contributed by atoms with Crippen LogP contribution >= 0.6 is 0 Å². The Morgan fingerprint density at radius 2 is 1.83 bits per heavy atom. The van der Waals surface area contributed by atoms with E-state index in [2.05, 4.69) is 14.9 Å². The van der Waals surface area contributed by atoms with Gasteiger partial charge in [-0.1, -0.05) is 13.8 Å². The highest BCUT2D eigenvalue weighted by Gasteiger charge is 2.49. The van der Waals surface area contributed by atoms with Crippen molar-refractivity contribution in [3.63, 3.8) is 0 Å². The van der Waals surface area contributed by atoms with Crippen LogP contribution in [-0.2, 0) is 25.3 Å². The lowest BCUT2D eigenvalue weighted by Crippen LogP contribution is -2.66. The Bertz CT molecular complexity index is 1680. The number of rotatable bonds is 4. The zero-order valence-corrected chi connectivity index (χ0v) is 24.2. The first-order valence-electron chi connectivity index (χ1n) is 14.3. The molecular weight excluding hydrogens is 526 g/mol. The Balaban J connectivity index is 0.00000148. The molecule has 216 valence electrons. The molecule has 0 unspecified atom stereocenters. The second-order valence-corrected chi connectivity index (χ2v) is 11.3. The van der Waals surface area contributed by atoms with E-state index in [0.717, 1.165) is 67.1 Å². The minimum Gasteiger partial charge on any atom is -0.380 e. The van der Waals surface area contributed by atoms with Crippen molar-refractivity contribution in [1.82, 2.24) is 19.3 Å². The van der Waals surface area contributed by atoms with E-state index in [0.29, 0.717) is 29.1 Å². The summed E-state index contributed by atoms with van der Waals surface area (Å²) in [5.41, 5.74) is 4.45. The standard InChI is InChI=1S/C29H30F2N6O2.C2H6/c1-17-7-22-24(35(3)28(17)38)10-25(36-13-29(14-36)15-39-16-29)33-27(22)37-6-4-5-18-8-20(19-11-32-34(2)12-19)21(26(30)31)9-23(18)37;1-2/h7-12,26H,4-6,13-16H2,1-3H3;1-2H3. The summed E-state index contributed by atoms with van der Waals surface area (Å²) in [6.07, 6.45) is 2.39. The van der Waals surface area contributed by atoms with Gasteiger partial charge in [0.1, 0.15) is 11.6 Å². The van der Waals surface area contributed by atoms with Crippen molar-refractivity contribution in [1.29, 1.82) is 0 Å². The Morgan fingerprint density at radius 3 is 2.46 bits per heavy atom. The van der Waals surface area contributed by atoms with E-state index in [1.165, 1.54) is 0 Å². The molecule has 10 heteroatoms. The van der Waals surface area contributed by atoms with Gasteiger partial charge < -0.3 is 19.1 Å². The van der Waals surface area contributed by atoms with Gasteiger partial charge in [-0.15, -0.1) is 0 Å². The number of alkyl halides is 2. The summed E-state index contributed by atoms with van der Waals surface area (Å²) in [5, 5.41) is 5.03. The molecule has 1 spiro atoms. The van der Waals surface area contributed by atoms with Gasteiger partial charge in [-0.25, -0.2) is 13.8 Å². The molecule has 2 saturated heterocycles. The molecule has 0 atom stereocenters. The average Bonchev–Trinajstić information content (AvgIpc) is 3.36. The second kappa shape index (κ2) is 10.2. The van der Waals surface area contributed by atoms with Crippen LogP contribution in [0.5, 0.6) is 0 Å². The summed E-state index contributed by atoms with van der Waals surface area (Å²) in [7, 11) is 3.56. The molecule has 0 saturated carbocycles. The molecule has 4 aromatic rings. The maximum Gasteiger partial charge on any atom is 0.264 e. The number of aromatic nitrogens is 4. The molecule has 0 bridgehead atoms. The van der Waals surface area contributed by atoms with Crippen molar-refractivity contribution >= 4 is 28.2 Å². The number of aryl methyl sites for hydroxylation is 4. The molecule has 41 heavy (non-hydrogen) atoms. The van der Waals surface area contributed by atoms with Crippen LogP contribution in [0, 0.1) is 12.3 Å².